The van der Waals surface area contributed by atoms with Gasteiger partial charge < -0.3 is 10.3 Å². The van der Waals surface area contributed by atoms with Crippen LogP contribution in [0.15, 0.2) is 15.8 Å². The summed E-state index contributed by atoms with van der Waals surface area (Å²) in [6.45, 7) is 4.43. The van der Waals surface area contributed by atoms with Crippen LogP contribution in [0.4, 0.5) is 0 Å². The Morgan fingerprint density at radius 1 is 1.43 bits per heavy atom. The third kappa shape index (κ3) is 3.46. The van der Waals surface area contributed by atoms with E-state index < -0.39 is 10.0 Å². The monoisotopic (exact) mass is 314 g/mol. The summed E-state index contributed by atoms with van der Waals surface area (Å²) in [6.07, 6.45) is 1.56. The van der Waals surface area contributed by atoms with Gasteiger partial charge in [0, 0.05) is 19.5 Å². The lowest BCUT2D eigenvalue weighted by atomic mass is 10.4. The van der Waals surface area contributed by atoms with Crippen LogP contribution in [0.3, 0.4) is 0 Å². The molecule has 2 aromatic rings. The fraction of sp³-hybridized carbons (Fsp3) is 0.545. The first-order valence-electron chi connectivity index (χ1n) is 6.44. The second-order valence-corrected chi connectivity index (χ2v) is 6.21. The van der Waals surface area contributed by atoms with Crippen molar-refractivity contribution in [3.05, 3.63) is 23.6 Å². The molecule has 0 saturated heterocycles. The first-order valence-corrected chi connectivity index (χ1v) is 7.93. The van der Waals surface area contributed by atoms with Gasteiger partial charge in [0.2, 0.25) is 16.4 Å². The molecule has 3 N–H and O–H groups in total. The largest absolute Gasteiger partial charge is 0.343 e. The Morgan fingerprint density at radius 3 is 2.81 bits per heavy atom. The summed E-state index contributed by atoms with van der Waals surface area (Å²) >= 11 is 0. The van der Waals surface area contributed by atoms with Crippen molar-refractivity contribution in [2.24, 2.45) is 5.73 Å². The van der Waals surface area contributed by atoms with Gasteiger partial charge in [-0.2, -0.15) is 10.1 Å². The van der Waals surface area contributed by atoms with E-state index in [-0.39, 0.29) is 11.4 Å². The molecule has 0 spiro atoms. The lowest BCUT2D eigenvalue weighted by Crippen LogP contribution is -2.27. The molecule has 2 rings (SSSR count). The third-order valence-corrected chi connectivity index (χ3v) is 4.68. The van der Waals surface area contributed by atoms with Crippen LogP contribution in [-0.2, 0) is 23.0 Å². The van der Waals surface area contributed by atoms with Gasteiger partial charge in [-0.05, 0) is 13.8 Å². The molecule has 0 aliphatic carbocycles. The minimum atomic E-state index is -3.63. The van der Waals surface area contributed by atoms with E-state index in [9.17, 15) is 8.42 Å². The van der Waals surface area contributed by atoms with Gasteiger partial charge in [0.1, 0.15) is 4.90 Å². The third-order valence-electron chi connectivity index (χ3n) is 2.97. The Balaban J connectivity index is 2.12. The van der Waals surface area contributed by atoms with E-state index in [1.54, 1.807) is 18.5 Å². The summed E-state index contributed by atoms with van der Waals surface area (Å²) in [5, 5.41) is 7.82. The fourth-order valence-corrected chi connectivity index (χ4v) is 3.52. The molecule has 2 aromatic heterocycles. The molecule has 0 amide bonds. The minimum absolute atomic E-state index is 0.183. The van der Waals surface area contributed by atoms with Crippen LogP contribution in [0.1, 0.15) is 17.2 Å². The number of rotatable bonds is 7. The van der Waals surface area contributed by atoms with Gasteiger partial charge in [0.05, 0.1) is 17.9 Å². The predicted molar refractivity (Wildman–Crippen MR) is 73.9 cm³/mol. The maximum atomic E-state index is 12.4. The van der Waals surface area contributed by atoms with Crippen LogP contribution >= 0.6 is 0 Å². The highest BCUT2D eigenvalue weighted by molar-refractivity contribution is 7.89. The molecule has 10 heteroatoms. The highest BCUT2D eigenvalue weighted by Gasteiger charge is 2.24. The van der Waals surface area contributed by atoms with Gasteiger partial charge in [-0.1, -0.05) is 5.16 Å². The van der Waals surface area contributed by atoms with Crippen LogP contribution < -0.4 is 10.5 Å². The predicted octanol–water partition coefficient (Wildman–Crippen LogP) is -0.637. The van der Waals surface area contributed by atoms with Gasteiger partial charge in [-0.15, -0.1) is 0 Å². The molecule has 2 heterocycles. The van der Waals surface area contributed by atoms with Gasteiger partial charge >= 0.3 is 0 Å². The highest BCUT2D eigenvalue weighted by atomic mass is 32.2. The Kier molecular flexibility index (Phi) is 4.70. The maximum Gasteiger partial charge on any atom is 0.244 e. The molecule has 0 fully saturated rings. The van der Waals surface area contributed by atoms with Crippen molar-refractivity contribution in [2.75, 3.05) is 13.1 Å². The SMILES string of the molecule is Cc1nn(CCN)c(C)c1S(=O)(=O)NCCc1ncon1. The van der Waals surface area contributed by atoms with Gasteiger partial charge in [-0.25, -0.2) is 13.1 Å². The normalized spacial score (nSPS) is 12.0. The molecule has 0 bridgehead atoms. The van der Waals surface area contributed by atoms with Crippen molar-refractivity contribution in [1.82, 2.24) is 24.6 Å². The van der Waals surface area contributed by atoms with E-state index in [4.69, 9.17) is 5.73 Å². The van der Waals surface area contributed by atoms with Crippen LogP contribution in [0.5, 0.6) is 0 Å². The van der Waals surface area contributed by atoms with Gasteiger partial charge in [0.15, 0.2) is 5.82 Å². The first kappa shape index (κ1) is 15.6. The number of nitrogens with one attached hydrogen (secondary N) is 1. The minimum Gasteiger partial charge on any atom is -0.343 e. The average molecular weight is 314 g/mol. The standard InChI is InChI=1S/C11H18N6O3S/c1-8-11(9(2)17(15-8)6-4-12)21(18,19)14-5-3-10-13-7-20-16-10/h7,14H,3-6,12H2,1-2H3. The fourth-order valence-electron chi connectivity index (χ4n) is 2.08. The Morgan fingerprint density at radius 2 is 2.19 bits per heavy atom. The average Bonchev–Trinajstić information content (AvgIpc) is 2.99. The van der Waals surface area contributed by atoms with Crippen molar-refractivity contribution < 1.29 is 12.9 Å². The van der Waals surface area contributed by atoms with Crippen LogP contribution in [0.25, 0.3) is 0 Å². The molecule has 0 aliphatic heterocycles. The Labute approximate surface area is 122 Å². The highest BCUT2D eigenvalue weighted by Crippen LogP contribution is 2.18. The molecule has 116 valence electrons. The summed E-state index contributed by atoms with van der Waals surface area (Å²) in [4.78, 5) is 4.03. The van der Waals surface area contributed by atoms with Crippen molar-refractivity contribution in [3.63, 3.8) is 0 Å². The quantitative estimate of drug-likeness (QED) is 0.695. The van der Waals surface area contributed by atoms with Crippen LogP contribution in [0, 0.1) is 13.8 Å². The molecular weight excluding hydrogens is 296 g/mol. The summed E-state index contributed by atoms with van der Waals surface area (Å²) in [7, 11) is -3.63. The number of nitrogens with two attached hydrogens (primary N) is 1. The molecule has 0 radical (unpaired) electrons. The Hall–Kier alpha value is -1.78. The van der Waals surface area contributed by atoms with E-state index in [0.29, 0.717) is 36.7 Å². The zero-order chi connectivity index (χ0) is 15.5. The van der Waals surface area contributed by atoms with Crippen LogP contribution in [0.2, 0.25) is 0 Å². The maximum absolute atomic E-state index is 12.4. The lowest BCUT2D eigenvalue weighted by Gasteiger charge is -2.06. The molecule has 21 heavy (non-hydrogen) atoms. The molecule has 0 aromatic carbocycles. The molecule has 0 atom stereocenters. The van der Waals surface area contributed by atoms with E-state index in [2.05, 4.69) is 24.5 Å². The topological polar surface area (TPSA) is 129 Å². The summed E-state index contributed by atoms with van der Waals surface area (Å²) in [5.74, 6) is 0.449. The van der Waals surface area contributed by atoms with E-state index in [1.807, 2.05) is 0 Å². The second kappa shape index (κ2) is 6.33. The van der Waals surface area contributed by atoms with Crippen molar-refractivity contribution in [2.45, 2.75) is 31.7 Å². The molecule has 0 saturated carbocycles. The number of hydrogen-bond donors (Lipinski definition) is 2. The summed E-state index contributed by atoms with van der Waals surface area (Å²) in [6, 6.07) is 0. The molecule has 0 unspecified atom stereocenters. The van der Waals surface area contributed by atoms with E-state index >= 15 is 0 Å². The summed E-state index contributed by atoms with van der Waals surface area (Å²) in [5.41, 5.74) is 6.51. The van der Waals surface area contributed by atoms with Crippen molar-refractivity contribution in [1.29, 1.82) is 0 Å². The molecule has 9 nitrogen and oxygen atoms in total. The van der Waals surface area contributed by atoms with Gasteiger partial charge in [0.25, 0.3) is 0 Å². The first-order chi connectivity index (χ1) is 9.95. The number of sulfonamides is 1. The Bertz CT molecular complexity index is 692. The van der Waals surface area contributed by atoms with Crippen molar-refractivity contribution in [3.8, 4) is 0 Å². The van der Waals surface area contributed by atoms with Crippen molar-refractivity contribution >= 4 is 10.0 Å². The van der Waals surface area contributed by atoms with E-state index in [0.717, 1.165) is 0 Å². The number of aryl methyl sites for hydroxylation is 1. The van der Waals surface area contributed by atoms with Crippen LogP contribution in [-0.4, -0.2) is 41.4 Å². The number of aromatic nitrogens is 4. The number of hydrogen-bond acceptors (Lipinski definition) is 7. The number of nitrogens with zero attached hydrogens (tertiary/aromatic N) is 4. The molecule has 0 aliphatic rings. The van der Waals surface area contributed by atoms with Gasteiger partial charge in [-0.3, -0.25) is 4.68 Å². The summed E-state index contributed by atoms with van der Waals surface area (Å²) < 4.78 is 33.4. The van der Waals surface area contributed by atoms with E-state index in [1.165, 1.54) is 6.39 Å². The lowest BCUT2D eigenvalue weighted by molar-refractivity contribution is 0.410. The smallest absolute Gasteiger partial charge is 0.244 e. The second-order valence-electron chi connectivity index (χ2n) is 4.51. The zero-order valence-corrected chi connectivity index (χ0v) is 12.7. The zero-order valence-electron chi connectivity index (χ0n) is 11.9. The molecular formula is C11H18N6O3S.